The molecule has 0 unspecified atom stereocenters. The van der Waals surface area contributed by atoms with E-state index < -0.39 is 5.41 Å². The molecule has 0 saturated carbocycles. The fourth-order valence-corrected chi connectivity index (χ4v) is 3.69. The standard InChI is InChI=1S/C21H36N4O4/c1-5-21(6-2,19(26)22-17(3)15-24-7-11-28-12-8-24)20(27)23-18(4)16-25-9-13-29-14-10-25/h3-16H2,1-2H3,(H,22,26)(H,23,27). The van der Waals surface area contributed by atoms with Gasteiger partial charge in [0.1, 0.15) is 5.41 Å². The third-order valence-electron chi connectivity index (χ3n) is 5.69. The van der Waals surface area contributed by atoms with Crippen molar-refractivity contribution < 1.29 is 19.1 Å². The highest BCUT2D eigenvalue weighted by Crippen LogP contribution is 2.28. The zero-order valence-electron chi connectivity index (χ0n) is 17.9. The smallest absolute Gasteiger partial charge is 0.239 e. The fourth-order valence-electron chi connectivity index (χ4n) is 3.69. The molecule has 0 spiro atoms. The summed E-state index contributed by atoms with van der Waals surface area (Å²) in [6, 6.07) is 0. The SMILES string of the molecule is C=C(CN1CCOCC1)NC(=O)C(CC)(CC)C(=O)NC(=C)CN1CCOCC1. The second-order valence-electron chi connectivity index (χ2n) is 7.68. The van der Waals surface area contributed by atoms with Gasteiger partial charge in [-0.25, -0.2) is 0 Å². The summed E-state index contributed by atoms with van der Waals surface area (Å²) in [6.45, 7) is 18.8. The molecule has 0 bridgehead atoms. The Morgan fingerprint density at radius 3 is 1.45 bits per heavy atom. The van der Waals surface area contributed by atoms with Gasteiger partial charge in [0.2, 0.25) is 11.8 Å². The Labute approximate surface area is 174 Å². The first-order valence-corrected chi connectivity index (χ1v) is 10.5. The summed E-state index contributed by atoms with van der Waals surface area (Å²) in [4.78, 5) is 30.5. The third kappa shape index (κ3) is 6.64. The van der Waals surface area contributed by atoms with Gasteiger partial charge in [0.05, 0.1) is 26.4 Å². The maximum atomic E-state index is 13.1. The Morgan fingerprint density at radius 2 is 1.14 bits per heavy atom. The van der Waals surface area contributed by atoms with Gasteiger partial charge in [-0.2, -0.15) is 0 Å². The highest BCUT2D eigenvalue weighted by atomic mass is 16.5. The Bertz CT molecular complexity index is 543. The predicted octanol–water partition coefficient (Wildman–Crippen LogP) is 0.717. The molecule has 2 fully saturated rings. The largest absolute Gasteiger partial charge is 0.379 e. The monoisotopic (exact) mass is 408 g/mol. The van der Waals surface area contributed by atoms with Crippen LogP contribution >= 0.6 is 0 Å². The Hall–Kier alpha value is -1.74. The first-order valence-electron chi connectivity index (χ1n) is 10.5. The van der Waals surface area contributed by atoms with E-state index in [1.54, 1.807) is 0 Å². The lowest BCUT2D eigenvalue weighted by molar-refractivity contribution is -0.143. The quantitative estimate of drug-likeness (QED) is 0.518. The van der Waals surface area contributed by atoms with Crippen LogP contribution in [0.25, 0.3) is 0 Å². The third-order valence-corrected chi connectivity index (χ3v) is 5.69. The van der Waals surface area contributed by atoms with E-state index in [2.05, 4.69) is 33.6 Å². The fraction of sp³-hybridized carbons (Fsp3) is 0.714. The van der Waals surface area contributed by atoms with Crippen molar-refractivity contribution >= 4 is 11.8 Å². The molecular formula is C21H36N4O4. The molecule has 0 aromatic carbocycles. The van der Waals surface area contributed by atoms with Crippen LogP contribution in [0.2, 0.25) is 0 Å². The minimum absolute atomic E-state index is 0.308. The summed E-state index contributed by atoms with van der Waals surface area (Å²) < 4.78 is 10.7. The molecule has 2 amide bonds. The lowest BCUT2D eigenvalue weighted by Gasteiger charge is -2.32. The van der Waals surface area contributed by atoms with Gasteiger partial charge >= 0.3 is 0 Å². The minimum Gasteiger partial charge on any atom is -0.379 e. The van der Waals surface area contributed by atoms with Crippen molar-refractivity contribution in [1.29, 1.82) is 0 Å². The molecule has 0 aromatic heterocycles. The van der Waals surface area contributed by atoms with Crippen LogP contribution < -0.4 is 10.6 Å². The summed E-state index contributed by atoms with van der Waals surface area (Å²) in [5, 5.41) is 5.74. The molecule has 2 rings (SSSR count). The number of hydrogen-bond donors (Lipinski definition) is 2. The molecule has 2 heterocycles. The molecule has 0 radical (unpaired) electrons. The summed E-state index contributed by atoms with van der Waals surface area (Å²) in [5.74, 6) is -0.616. The Kier molecular flexibility index (Phi) is 9.29. The van der Waals surface area contributed by atoms with Gasteiger partial charge in [0, 0.05) is 50.7 Å². The van der Waals surface area contributed by atoms with Gasteiger partial charge in [0.15, 0.2) is 0 Å². The van der Waals surface area contributed by atoms with Gasteiger partial charge in [0.25, 0.3) is 0 Å². The van der Waals surface area contributed by atoms with Crippen molar-refractivity contribution in [2.24, 2.45) is 5.41 Å². The average Bonchev–Trinajstić information content (AvgIpc) is 2.70. The zero-order chi connectivity index (χ0) is 21.3. The maximum absolute atomic E-state index is 13.1. The van der Waals surface area contributed by atoms with E-state index in [-0.39, 0.29) is 11.8 Å². The Balaban J connectivity index is 1.92. The van der Waals surface area contributed by atoms with Crippen LogP contribution in [0.15, 0.2) is 24.6 Å². The van der Waals surface area contributed by atoms with Crippen molar-refractivity contribution in [3.63, 3.8) is 0 Å². The summed E-state index contributed by atoms with van der Waals surface area (Å²) in [6.07, 6.45) is 0.799. The highest BCUT2D eigenvalue weighted by Gasteiger charge is 2.43. The topological polar surface area (TPSA) is 83.1 Å². The van der Waals surface area contributed by atoms with Crippen molar-refractivity contribution in [2.45, 2.75) is 26.7 Å². The number of amides is 2. The molecule has 2 aliphatic heterocycles. The van der Waals surface area contributed by atoms with Crippen molar-refractivity contribution in [1.82, 2.24) is 20.4 Å². The zero-order valence-corrected chi connectivity index (χ0v) is 17.9. The van der Waals surface area contributed by atoms with Gasteiger partial charge in [-0.05, 0) is 12.8 Å². The number of rotatable bonds is 10. The molecule has 0 atom stereocenters. The van der Waals surface area contributed by atoms with Crippen LogP contribution in [-0.2, 0) is 19.1 Å². The van der Waals surface area contributed by atoms with Crippen LogP contribution in [0, 0.1) is 5.41 Å². The lowest BCUT2D eigenvalue weighted by atomic mass is 9.80. The van der Waals surface area contributed by atoms with Gasteiger partial charge in [-0.3, -0.25) is 19.4 Å². The molecule has 2 aliphatic rings. The molecule has 0 aliphatic carbocycles. The number of ether oxygens (including phenoxy) is 2. The van der Waals surface area contributed by atoms with E-state index in [0.29, 0.717) is 63.8 Å². The van der Waals surface area contributed by atoms with E-state index in [0.717, 1.165) is 26.2 Å². The summed E-state index contributed by atoms with van der Waals surface area (Å²) in [7, 11) is 0. The number of hydrogen-bond acceptors (Lipinski definition) is 6. The van der Waals surface area contributed by atoms with Gasteiger partial charge in [-0.1, -0.05) is 27.0 Å². The molecule has 0 aromatic rings. The molecule has 29 heavy (non-hydrogen) atoms. The second kappa shape index (κ2) is 11.4. The highest BCUT2D eigenvalue weighted by molar-refractivity contribution is 6.06. The minimum atomic E-state index is -1.15. The van der Waals surface area contributed by atoms with Crippen molar-refractivity contribution in [2.75, 3.05) is 65.7 Å². The summed E-state index contributed by atoms with van der Waals surface area (Å²) in [5.41, 5.74) is 0.0493. The molecule has 2 N–H and O–H groups in total. The van der Waals surface area contributed by atoms with Crippen LogP contribution in [-0.4, -0.2) is 87.3 Å². The lowest BCUT2D eigenvalue weighted by Crippen LogP contribution is -2.52. The number of carbonyl (C=O) groups excluding carboxylic acids is 2. The van der Waals surface area contributed by atoms with Crippen LogP contribution in [0.1, 0.15) is 26.7 Å². The van der Waals surface area contributed by atoms with Crippen molar-refractivity contribution in [3.05, 3.63) is 24.6 Å². The van der Waals surface area contributed by atoms with Gasteiger partial charge < -0.3 is 20.1 Å². The van der Waals surface area contributed by atoms with Crippen LogP contribution in [0.3, 0.4) is 0 Å². The van der Waals surface area contributed by atoms with Crippen LogP contribution in [0.4, 0.5) is 0 Å². The summed E-state index contributed by atoms with van der Waals surface area (Å²) >= 11 is 0. The van der Waals surface area contributed by atoms with E-state index >= 15 is 0 Å². The number of carbonyl (C=O) groups is 2. The molecule has 8 heteroatoms. The molecular weight excluding hydrogens is 372 g/mol. The van der Waals surface area contributed by atoms with Crippen molar-refractivity contribution in [3.8, 4) is 0 Å². The van der Waals surface area contributed by atoms with Gasteiger partial charge in [-0.15, -0.1) is 0 Å². The van der Waals surface area contributed by atoms with E-state index in [1.165, 1.54) is 0 Å². The predicted molar refractivity (Wildman–Crippen MR) is 112 cm³/mol. The van der Waals surface area contributed by atoms with Crippen LogP contribution in [0.5, 0.6) is 0 Å². The molecule has 8 nitrogen and oxygen atoms in total. The normalized spacial score (nSPS) is 18.8. The Morgan fingerprint density at radius 1 is 0.793 bits per heavy atom. The van der Waals surface area contributed by atoms with E-state index in [9.17, 15) is 9.59 Å². The molecule has 164 valence electrons. The van der Waals surface area contributed by atoms with E-state index in [4.69, 9.17) is 9.47 Å². The first-order chi connectivity index (χ1) is 13.9. The van der Waals surface area contributed by atoms with E-state index in [1.807, 2.05) is 13.8 Å². The molecule has 2 saturated heterocycles. The first kappa shape index (κ1) is 23.5. The number of nitrogens with zero attached hydrogens (tertiary/aromatic N) is 2. The second-order valence-corrected chi connectivity index (χ2v) is 7.68. The maximum Gasteiger partial charge on any atom is 0.239 e. The number of morpholine rings is 2. The average molecular weight is 409 g/mol. The number of nitrogens with one attached hydrogen (secondary N) is 2.